The Morgan fingerprint density at radius 3 is 1.83 bits per heavy atom. The molecule has 0 aromatic heterocycles. The summed E-state index contributed by atoms with van der Waals surface area (Å²) in [6, 6.07) is -4.94. The van der Waals surface area contributed by atoms with E-state index in [1.165, 1.54) is 13.8 Å². The Morgan fingerprint density at radius 1 is 0.867 bits per heavy atom. The lowest BCUT2D eigenvalue weighted by Crippen LogP contribution is -2.59. The second kappa shape index (κ2) is 12.8. The van der Waals surface area contributed by atoms with Crippen LogP contribution in [0.1, 0.15) is 47.0 Å². The van der Waals surface area contributed by atoms with Crippen molar-refractivity contribution >= 4 is 29.7 Å². The van der Waals surface area contributed by atoms with Crippen LogP contribution in [0.4, 0.5) is 0 Å². The van der Waals surface area contributed by atoms with Gasteiger partial charge < -0.3 is 37.0 Å². The smallest absolute Gasteiger partial charge is 0.326 e. The van der Waals surface area contributed by atoms with Gasteiger partial charge >= 0.3 is 11.9 Å². The highest BCUT2D eigenvalue weighted by Gasteiger charge is 2.33. The van der Waals surface area contributed by atoms with Gasteiger partial charge in [0, 0.05) is 6.42 Å². The third-order valence-electron chi connectivity index (χ3n) is 4.60. The summed E-state index contributed by atoms with van der Waals surface area (Å²) in [5.41, 5.74) is 5.57. The molecular weight excluding hydrogens is 400 g/mol. The van der Waals surface area contributed by atoms with Crippen LogP contribution in [-0.4, -0.2) is 75.3 Å². The number of nitrogens with two attached hydrogens (primary N) is 1. The molecule has 6 atom stereocenters. The van der Waals surface area contributed by atoms with Gasteiger partial charge in [-0.05, 0) is 26.2 Å². The Labute approximate surface area is 174 Å². The Bertz CT molecular complexity index is 640. The van der Waals surface area contributed by atoms with E-state index in [0.717, 1.165) is 0 Å². The molecule has 0 radical (unpaired) electrons. The average Bonchev–Trinajstić information content (AvgIpc) is 2.66. The summed E-state index contributed by atoms with van der Waals surface area (Å²) in [6.45, 7) is 5.95. The van der Waals surface area contributed by atoms with E-state index in [-0.39, 0.29) is 18.8 Å². The number of aliphatic hydroxyl groups excluding tert-OH is 1. The quantitative estimate of drug-likeness (QED) is 0.174. The van der Waals surface area contributed by atoms with Gasteiger partial charge in [0.2, 0.25) is 17.7 Å². The van der Waals surface area contributed by atoms with Crippen molar-refractivity contribution in [2.75, 3.05) is 0 Å². The first-order valence-corrected chi connectivity index (χ1v) is 9.61. The predicted octanol–water partition coefficient (Wildman–Crippen LogP) is -1.84. The van der Waals surface area contributed by atoms with Gasteiger partial charge in [0.1, 0.15) is 18.1 Å². The van der Waals surface area contributed by atoms with Crippen molar-refractivity contribution in [2.24, 2.45) is 11.7 Å². The first-order chi connectivity index (χ1) is 13.8. The number of carboxylic acids is 2. The molecule has 0 heterocycles. The largest absolute Gasteiger partial charge is 0.481 e. The second-order valence-corrected chi connectivity index (χ2v) is 7.21. The molecule has 0 bridgehead atoms. The number of amides is 3. The molecule has 12 heteroatoms. The molecule has 0 saturated carbocycles. The lowest BCUT2D eigenvalue weighted by Gasteiger charge is -2.27. The van der Waals surface area contributed by atoms with Gasteiger partial charge in [-0.1, -0.05) is 20.3 Å². The lowest BCUT2D eigenvalue weighted by atomic mass is 9.98. The zero-order valence-electron chi connectivity index (χ0n) is 17.5. The minimum Gasteiger partial charge on any atom is -0.481 e. The summed E-state index contributed by atoms with van der Waals surface area (Å²) in [7, 11) is 0. The van der Waals surface area contributed by atoms with Gasteiger partial charge in [-0.3, -0.25) is 19.2 Å². The molecule has 0 spiro atoms. The standard InChI is InChI=1S/C18H32N4O8/c1-5-8(2)13(18(29)30)21-17(28)14(10(4)23)22-15(26)9(3)20-16(27)11(19)6-7-12(24)25/h8-11,13-14,23H,5-7,19H2,1-4H3,(H,20,27)(H,21,28)(H,22,26)(H,24,25)(H,29,30). The van der Waals surface area contributed by atoms with Crippen molar-refractivity contribution in [1.29, 1.82) is 0 Å². The van der Waals surface area contributed by atoms with E-state index in [1.807, 2.05) is 0 Å². The molecular formula is C18H32N4O8. The minimum atomic E-state index is -1.46. The van der Waals surface area contributed by atoms with Gasteiger partial charge in [0.25, 0.3) is 0 Å². The first-order valence-electron chi connectivity index (χ1n) is 9.61. The van der Waals surface area contributed by atoms with Crippen LogP contribution in [0.25, 0.3) is 0 Å². The maximum Gasteiger partial charge on any atom is 0.326 e. The molecule has 0 aromatic rings. The number of aliphatic hydroxyl groups is 1. The van der Waals surface area contributed by atoms with Crippen molar-refractivity contribution in [2.45, 2.75) is 77.2 Å². The highest BCUT2D eigenvalue weighted by atomic mass is 16.4. The SMILES string of the molecule is CCC(C)C(NC(=O)C(NC(=O)C(C)NC(=O)C(N)CCC(=O)O)C(C)O)C(=O)O. The fraction of sp³-hybridized carbons (Fsp3) is 0.722. The second-order valence-electron chi connectivity index (χ2n) is 7.21. The van der Waals surface area contributed by atoms with Crippen LogP contribution in [0.3, 0.4) is 0 Å². The molecule has 0 aliphatic heterocycles. The van der Waals surface area contributed by atoms with E-state index >= 15 is 0 Å². The average molecular weight is 432 g/mol. The maximum absolute atomic E-state index is 12.4. The number of aliphatic carboxylic acids is 2. The number of carbonyl (C=O) groups is 5. The number of rotatable bonds is 13. The molecule has 8 N–H and O–H groups in total. The summed E-state index contributed by atoms with van der Waals surface area (Å²) in [5, 5.41) is 34.6. The summed E-state index contributed by atoms with van der Waals surface area (Å²) in [6.07, 6.45) is -1.31. The van der Waals surface area contributed by atoms with Crippen LogP contribution >= 0.6 is 0 Å². The molecule has 3 amide bonds. The topological polar surface area (TPSA) is 208 Å². The van der Waals surface area contributed by atoms with E-state index in [2.05, 4.69) is 16.0 Å². The van der Waals surface area contributed by atoms with Gasteiger partial charge in [-0.15, -0.1) is 0 Å². The fourth-order valence-corrected chi connectivity index (χ4v) is 2.41. The van der Waals surface area contributed by atoms with Crippen molar-refractivity contribution in [3.63, 3.8) is 0 Å². The van der Waals surface area contributed by atoms with E-state index in [4.69, 9.17) is 10.8 Å². The van der Waals surface area contributed by atoms with Crippen LogP contribution in [0.15, 0.2) is 0 Å². The van der Waals surface area contributed by atoms with E-state index in [1.54, 1.807) is 13.8 Å². The molecule has 6 unspecified atom stereocenters. The highest BCUT2D eigenvalue weighted by molar-refractivity contribution is 5.94. The van der Waals surface area contributed by atoms with Gasteiger partial charge in [0.05, 0.1) is 12.1 Å². The number of nitrogens with one attached hydrogen (secondary N) is 3. The van der Waals surface area contributed by atoms with Crippen LogP contribution < -0.4 is 21.7 Å². The molecule has 172 valence electrons. The monoisotopic (exact) mass is 432 g/mol. The normalized spacial score (nSPS) is 16.9. The van der Waals surface area contributed by atoms with E-state index in [0.29, 0.717) is 6.42 Å². The van der Waals surface area contributed by atoms with Crippen molar-refractivity contribution in [3.8, 4) is 0 Å². The molecule has 0 aromatic carbocycles. The van der Waals surface area contributed by atoms with Crippen LogP contribution in [-0.2, 0) is 24.0 Å². The minimum absolute atomic E-state index is 0.125. The summed E-state index contributed by atoms with van der Waals surface area (Å²) in [5.74, 6) is -5.20. The number of carboxylic acid groups (broad SMARTS) is 2. The summed E-state index contributed by atoms with van der Waals surface area (Å²) >= 11 is 0. The zero-order valence-corrected chi connectivity index (χ0v) is 17.5. The van der Waals surface area contributed by atoms with Crippen molar-refractivity contribution in [1.82, 2.24) is 16.0 Å². The third-order valence-corrected chi connectivity index (χ3v) is 4.60. The zero-order chi connectivity index (χ0) is 23.6. The fourth-order valence-electron chi connectivity index (χ4n) is 2.41. The Balaban J connectivity index is 5.02. The Hall–Kier alpha value is -2.73. The number of hydrogen-bond donors (Lipinski definition) is 7. The van der Waals surface area contributed by atoms with Gasteiger partial charge in [0.15, 0.2) is 0 Å². The Kier molecular flexibility index (Phi) is 11.6. The molecule has 0 fully saturated rings. The van der Waals surface area contributed by atoms with Crippen LogP contribution in [0.2, 0.25) is 0 Å². The Morgan fingerprint density at radius 2 is 1.40 bits per heavy atom. The number of hydrogen-bond acceptors (Lipinski definition) is 7. The van der Waals surface area contributed by atoms with Crippen LogP contribution in [0.5, 0.6) is 0 Å². The third kappa shape index (κ3) is 9.18. The molecule has 30 heavy (non-hydrogen) atoms. The van der Waals surface area contributed by atoms with Gasteiger partial charge in [-0.2, -0.15) is 0 Å². The number of carbonyl (C=O) groups excluding carboxylic acids is 3. The molecule has 0 aliphatic carbocycles. The lowest BCUT2D eigenvalue weighted by molar-refractivity contribution is -0.144. The first kappa shape index (κ1) is 27.3. The summed E-state index contributed by atoms with van der Waals surface area (Å²) < 4.78 is 0. The van der Waals surface area contributed by atoms with E-state index < -0.39 is 59.9 Å². The summed E-state index contributed by atoms with van der Waals surface area (Å²) in [4.78, 5) is 58.6. The van der Waals surface area contributed by atoms with Crippen molar-refractivity contribution in [3.05, 3.63) is 0 Å². The van der Waals surface area contributed by atoms with Crippen molar-refractivity contribution < 1.29 is 39.3 Å². The molecule has 0 saturated heterocycles. The van der Waals surface area contributed by atoms with Gasteiger partial charge in [-0.25, -0.2) is 4.79 Å². The molecule has 0 rings (SSSR count). The molecule has 12 nitrogen and oxygen atoms in total. The maximum atomic E-state index is 12.4. The van der Waals surface area contributed by atoms with E-state index in [9.17, 15) is 34.2 Å². The molecule has 0 aliphatic rings. The van der Waals surface area contributed by atoms with Crippen LogP contribution in [0, 0.1) is 5.92 Å². The highest BCUT2D eigenvalue weighted by Crippen LogP contribution is 2.09. The predicted molar refractivity (Wildman–Crippen MR) is 105 cm³/mol.